The van der Waals surface area contributed by atoms with E-state index in [-0.39, 0.29) is 0 Å². The molecule has 0 aromatic heterocycles. The van der Waals surface area contributed by atoms with E-state index in [9.17, 15) is 0 Å². The molecule has 3 N–H and O–H groups in total. The zero-order valence-corrected chi connectivity index (χ0v) is 9.70. The summed E-state index contributed by atoms with van der Waals surface area (Å²) in [6.07, 6.45) is 0. The van der Waals surface area contributed by atoms with Crippen molar-refractivity contribution >= 4 is 28.7 Å². The van der Waals surface area contributed by atoms with E-state index in [1.807, 2.05) is 12.1 Å². The number of nitriles is 1. The Morgan fingerprint density at radius 2 is 1.82 bits per heavy atom. The molecule has 17 heavy (non-hydrogen) atoms. The van der Waals surface area contributed by atoms with E-state index in [1.165, 1.54) is 0 Å². The number of nitrogens with one attached hydrogen (secondary N) is 1. The molecule has 0 heterocycles. The minimum Gasteiger partial charge on any atom is -0.397 e. The van der Waals surface area contributed by atoms with Gasteiger partial charge in [0.25, 0.3) is 0 Å². The van der Waals surface area contributed by atoms with E-state index in [1.54, 1.807) is 30.3 Å². The maximum Gasteiger partial charge on any atom is 0.0992 e. The third-order valence-corrected chi connectivity index (χ3v) is 2.56. The molecule has 2 rings (SSSR count). The lowest BCUT2D eigenvalue weighted by Crippen LogP contribution is -1.96. The van der Waals surface area contributed by atoms with Crippen LogP contribution in [0.1, 0.15) is 5.56 Å². The highest BCUT2D eigenvalue weighted by molar-refractivity contribution is 6.30. The molecule has 4 heteroatoms. The Morgan fingerprint density at radius 1 is 1.12 bits per heavy atom. The third-order valence-electron chi connectivity index (χ3n) is 2.31. The van der Waals surface area contributed by atoms with Crippen LogP contribution in [-0.2, 0) is 0 Å². The largest absolute Gasteiger partial charge is 0.397 e. The van der Waals surface area contributed by atoms with E-state index in [0.29, 0.717) is 22.0 Å². The summed E-state index contributed by atoms with van der Waals surface area (Å²) in [4.78, 5) is 0. The second-order valence-electron chi connectivity index (χ2n) is 3.55. The molecule has 0 bridgehead atoms. The molecular formula is C13H10ClN3. The van der Waals surface area contributed by atoms with Gasteiger partial charge in [0.1, 0.15) is 0 Å². The SMILES string of the molecule is N#Cc1ccc(N)c(Nc2ccc(Cl)cc2)c1. The van der Waals surface area contributed by atoms with Crippen molar-refractivity contribution in [3.05, 3.63) is 53.1 Å². The monoisotopic (exact) mass is 243 g/mol. The zero-order chi connectivity index (χ0) is 12.3. The quantitative estimate of drug-likeness (QED) is 0.793. The normalized spacial score (nSPS) is 9.65. The molecule has 2 aromatic carbocycles. The highest BCUT2D eigenvalue weighted by Gasteiger charge is 2.01. The Morgan fingerprint density at radius 3 is 2.47 bits per heavy atom. The van der Waals surface area contributed by atoms with Gasteiger partial charge in [-0.25, -0.2) is 0 Å². The molecule has 0 spiro atoms. The molecule has 0 saturated heterocycles. The van der Waals surface area contributed by atoms with Gasteiger partial charge in [0.15, 0.2) is 0 Å². The van der Waals surface area contributed by atoms with Crippen molar-refractivity contribution in [2.75, 3.05) is 11.1 Å². The smallest absolute Gasteiger partial charge is 0.0992 e. The van der Waals surface area contributed by atoms with Crippen molar-refractivity contribution in [1.29, 1.82) is 5.26 Å². The lowest BCUT2D eigenvalue weighted by molar-refractivity contribution is 1.47. The number of hydrogen-bond donors (Lipinski definition) is 2. The third kappa shape index (κ3) is 2.68. The van der Waals surface area contributed by atoms with Crippen LogP contribution in [0.2, 0.25) is 5.02 Å². The average molecular weight is 244 g/mol. The van der Waals surface area contributed by atoms with Crippen LogP contribution in [0.3, 0.4) is 0 Å². The second kappa shape index (κ2) is 4.77. The molecule has 3 nitrogen and oxygen atoms in total. The first-order chi connectivity index (χ1) is 8.19. The molecule has 0 unspecified atom stereocenters. The molecule has 0 aliphatic heterocycles. The van der Waals surface area contributed by atoms with Crippen molar-refractivity contribution in [3.63, 3.8) is 0 Å². The maximum atomic E-state index is 8.82. The summed E-state index contributed by atoms with van der Waals surface area (Å²) >= 11 is 5.80. The van der Waals surface area contributed by atoms with Crippen molar-refractivity contribution in [2.24, 2.45) is 0 Å². The van der Waals surface area contributed by atoms with Crippen LogP contribution in [0, 0.1) is 11.3 Å². The molecule has 0 amide bonds. The number of halogens is 1. The van der Waals surface area contributed by atoms with Crippen LogP contribution in [0.4, 0.5) is 17.1 Å². The second-order valence-corrected chi connectivity index (χ2v) is 3.98. The summed E-state index contributed by atoms with van der Waals surface area (Å²) in [6, 6.07) is 14.4. The highest BCUT2D eigenvalue weighted by atomic mass is 35.5. The summed E-state index contributed by atoms with van der Waals surface area (Å²) in [5.74, 6) is 0. The van der Waals surface area contributed by atoms with E-state index in [4.69, 9.17) is 22.6 Å². The lowest BCUT2D eigenvalue weighted by atomic mass is 10.2. The Kier molecular flexibility index (Phi) is 3.17. The molecule has 0 radical (unpaired) electrons. The molecule has 0 saturated carbocycles. The summed E-state index contributed by atoms with van der Waals surface area (Å²) in [5.41, 5.74) is 8.57. The maximum absolute atomic E-state index is 8.82. The predicted molar refractivity (Wildman–Crippen MR) is 70.3 cm³/mol. The molecule has 2 aromatic rings. The Balaban J connectivity index is 2.29. The van der Waals surface area contributed by atoms with Gasteiger partial charge in [-0.05, 0) is 42.5 Å². The van der Waals surface area contributed by atoms with Gasteiger partial charge in [-0.1, -0.05) is 11.6 Å². The Bertz CT molecular complexity index is 570. The summed E-state index contributed by atoms with van der Waals surface area (Å²) in [5, 5.41) is 12.6. The number of anilines is 3. The Hall–Kier alpha value is -2.18. The van der Waals surface area contributed by atoms with Gasteiger partial charge in [0, 0.05) is 10.7 Å². The number of nitrogens with zero attached hydrogens (tertiary/aromatic N) is 1. The van der Waals surface area contributed by atoms with Crippen LogP contribution in [0.5, 0.6) is 0 Å². The average Bonchev–Trinajstić information content (AvgIpc) is 2.35. The van der Waals surface area contributed by atoms with Crippen LogP contribution < -0.4 is 11.1 Å². The molecule has 0 aliphatic carbocycles. The van der Waals surface area contributed by atoms with Crippen LogP contribution in [-0.4, -0.2) is 0 Å². The van der Waals surface area contributed by atoms with Crippen molar-refractivity contribution in [2.45, 2.75) is 0 Å². The molecule has 0 fully saturated rings. The van der Waals surface area contributed by atoms with Crippen molar-refractivity contribution in [1.82, 2.24) is 0 Å². The van der Waals surface area contributed by atoms with Gasteiger partial charge >= 0.3 is 0 Å². The van der Waals surface area contributed by atoms with Crippen molar-refractivity contribution in [3.8, 4) is 6.07 Å². The number of rotatable bonds is 2. The van der Waals surface area contributed by atoms with Gasteiger partial charge in [-0.2, -0.15) is 5.26 Å². The van der Waals surface area contributed by atoms with Gasteiger partial charge in [0.05, 0.1) is 23.0 Å². The summed E-state index contributed by atoms with van der Waals surface area (Å²) in [7, 11) is 0. The van der Waals surface area contributed by atoms with Gasteiger partial charge < -0.3 is 11.1 Å². The lowest BCUT2D eigenvalue weighted by Gasteiger charge is -2.09. The van der Waals surface area contributed by atoms with Gasteiger partial charge in [-0.3, -0.25) is 0 Å². The number of benzene rings is 2. The molecular weight excluding hydrogens is 234 g/mol. The summed E-state index contributed by atoms with van der Waals surface area (Å²) < 4.78 is 0. The number of nitrogen functional groups attached to an aromatic ring is 1. The first-order valence-corrected chi connectivity index (χ1v) is 5.39. The Labute approximate surface area is 104 Å². The molecule has 84 valence electrons. The zero-order valence-electron chi connectivity index (χ0n) is 8.94. The first kappa shape index (κ1) is 11.3. The fourth-order valence-electron chi connectivity index (χ4n) is 1.42. The standard InChI is InChI=1S/C13H10ClN3/c14-10-2-4-11(5-3-10)17-13-7-9(8-15)1-6-12(13)16/h1-7,17H,16H2. The van der Waals surface area contributed by atoms with Crippen molar-refractivity contribution < 1.29 is 0 Å². The fourth-order valence-corrected chi connectivity index (χ4v) is 1.55. The summed E-state index contributed by atoms with van der Waals surface area (Å²) in [6.45, 7) is 0. The first-order valence-electron chi connectivity index (χ1n) is 5.01. The number of hydrogen-bond acceptors (Lipinski definition) is 3. The minimum atomic E-state index is 0.565. The molecule has 0 aliphatic rings. The van der Waals surface area contributed by atoms with E-state index < -0.39 is 0 Å². The van der Waals surface area contributed by atoms with E-state index >= 15 is 0 Å². The molecule has 0 atom stereocenters. The topological polar surface area (TPSA) is 61.8 Å². The van der Waals surface area contributed by atoms with Gasteiger partial charge in [0.2, 0.25) is 0 Å². The van der Waals surface area contributed by atoms with E-state index in [0.717, 1.165) is 5.69 Å². The fraction of sp³-hybridized carbons (Fsp3) is 0. The van der Waals surface area contributed by atoms with Crippen LogP contribution in [0.15, 0.2) is 42.5 Å². The van der Waals surface area contributed by atoms with Crippen LogP contribution in [0.25, 0.3) is 0 Å². The highest BCUT2D eigenvalue weighted by Crippen LogP contribution is 2.24. The van der Waals surface area contributed by atoms with Gasteiger partial charge in [-0.15, -0.1) is 0 Å². The predicted octanol–water partition coefficient (Wildman–Crippen LogP) is 3.54. The van der Waals surface area contributed by atoms with Crippen LogP contribution >= 0.6 is 11.6 Å². The number of nitrogens with two attached hydrogens (primary N) is 1. The minimum absolute atomic E-state index is 0.565. The van der Waals surface area contributed by atoms with E-state index in [2.05, 4.69) is 11.4 Å².